The molecular weight excluding hydrogens is 440 g/mol. The molecule has 6 heteroatoms. The van der Waals surface area contributed by atoms with E-state index in [0.717, 1.165) is 11.1 Å². The fourth-order valence-corrected chi connectivity index (χ4v) is 5.64. The fraction of sp³-hybridized carbons (Fsp3) is 0.241. The van der Waals surface area contributed by atoms with Crippen molar-refractivity contribution in [1.82, 2.24) is 4.90 Å². The average Bonchev–Trinajstić information content (AvgIpc) is 3.20. The van der Waals surface area contributed by atoms with Crippen molar-refractivity contribution in [3.8, 4) is 11.1 Å². The summed E-state index contributed by atoms with van der Waals surface area (Å²) in [6, 6.07) is 23.6. The number of carbonyl (C=O) groups is 2. The number of ether oxygens (including phenoxy) is 2. The summed E-state index contributed by atoms with van der Waals surface area (Å²) >= 11 is 0. The Morgan fingerprint density at radius 3 is 2.34 bits per heavy atom. The molecule has 2 atom stereocenters. The third-order valence-corrected chi connectivity index (χ3v) is 7.26. The number of fused-ring (bicyclic) bond motifs is 5. The Kier molecular flexibility index (Phi) is 5.38. The molecular formula is C29H26N2O4. The molecule has 2 aliphatic heterocycles. The van der Waals surface area contributed by atoms with E-state index in [1.165, 1.54) is 22.3 Å². The Morgan fingerprint density at radius 1 is 0.943 bits per heavy atom. The fourth-order valence-electron chi connectivity index (χ4n) is 5.64. The number of rotatable bonds is 4. The molecule has 2 unspecified atom stereocenters. The van der Waals surface area contributed by atoms with Gasteiger partial charge in [0.25, 0.3) is 0 Å². The molecule has 2 amide bonds. The smallest absolute Gasteiger partial charge is 0.410 e. The van der Waals surface area contributed by atoms with Crippen LogP contribution >= 0.6 is 0 Å². The highest BCUT2D eigenvalue weighted by Gasteiger charge is 2.40. The number of carbonyl (C=O) groups excluding carboxylic acids is 2. The molecule has 3 aliphatic rings. The highest BCUT2D eigenvalue weighted by Crippen LogP contribution is 2.44. The predicted molar refractivity (Wildman–Crippen MR) is 133 cm³/mol. The molecule has 1 saturated heterocycles. The molecule has 0 radical (unpaired) electrons. The van der Waals surface area contributed by atoms with E-state index in [-0.39, 0.29) is 24.1 Å². The number of amides is 2. The number of primary amides is 1. The van der Waals surface area contributed by atoms with Gasteiger partial charge in [0.05, 0.1) is 25.3 Å². The zero-order valence-corrected chi connectivity index (χ0v) is 19.2. The first-order chi connectivity index (χ1) is 17.1. The van der Waals surface area contributed by atoms with E-state index in [1.54, 1.807) is 6.07 Å². The van der Waals surface area contributed by atoms with Gasteiger partial charge >= 0.3 is 6.09 Å². The lowest BCUT2D eigenvalue weighted by Crippen LogP contribution is -2.56. The number of morpholine rings is 1. The number of nitrogens with zero attached hydrogens (tertiary/aromatic N) is 1. The van der Waals surface area contributed by atoms with Crippen LogP contribution in [0.4, 0.5) is 4.79 Å². The summed E-state index contributed by atoms with van der Waals surface area (Å²) in [5.41, 5.74) is 12.8. The summed E-state index contributed by atoms with van der Waals surface area (Å²) in [4.78, 5) is 26.8. The van der Waals surface area contributed by atoms with Crippen LogP contribution in [0.15, 0.2) is 78.9 Å². The topological polar surface area (TPSA) is 81.9 Å². The Balaban J connectivity index is 1.22. The highest BCUT2D eigenvalue weighted by molar-refractivity contribution is 5.93. The minimum Gasteiger partial charge on any atom is -0.448 e. The Labute approximate surface area is 204 Å². The molecule has 35 heavy (non-hydrogen) atoms. The van der Waals surface area contributed by atoms with Crippen molar-refractivity contribution in [1.29, 1.82) is 0 Å². The van der Waals surface area contributed by atoms with E-state index < -0.39 is 5.91 Å². The second-order valence-electron chi connectivity index (χ2n) is 9.31. The molecule has 176 valence electrons. The van der Waals surface area contributed by atoms with Gasteiger partial charge in [-0.3, -0.25) is 9.69 Å². The maximum absolute atomic E-state index is 13.3. The van der Waals surface area contributed by atoms with Crippen LogP contribution in [0.1, 0.15) is 39.4 Å². The molecule has 3 aromatic rings. The summed E-state index contributed by atoms with van der Waals surface area (Å²) in [5, 5.41) is 0. The first kappa shape index (κ1) is 21.6. The normalized spacial score (nSPS) is 20.6. The Morgan fingerprint density at radius 2 is 1.66 bits per heavy atom. The summed E-state index contributed by atoms with van der Waals surface area (Å²) in [7, 11) is 0. The molecule has 6 nitrogen and oxygen atoms in total. The average molecular weight is 467 g/mol. The van der Waals surface area contributed by atoms with E-state index in [4.69, 9.17) is 15.2 Å². The molecule has 6 rings (SSSR count). The van der Waals surface area contributed by atoms with E-state index >= 15 is 0 Å². The quantitative estimate of drug-likeness (QED) is 0.610. The van der Waals surface area contributed by atoms with Crippen molar-refractivity contribution >= 4 is 17.6 Å². The lowest BCUT2D eigenvalue weighted by molar-refractivity contribution is -0.0331. The summed E-state index contributed by atoms with van der Waals surface area (Å²) in [5.74, 6) is -0.429. The summed E-state index contributed by atoms with van der Waals surface area (Å²) < 4.78 is 11.7. The van der Waals surface area contributed by atoms with E-state index in [1.807, 2.05) is 47.4 Å². The Bertz CT molecular complexity index is 1300. The lowest BCUT2D eigenvalue weighted by atomic mass is 9.89. The van der Waals surface area contributed by atoms with Crippen molar-refractivity contribution in [2.24, 2.45) is 5.73 Å². The van der Waals surface area contributed by atoms with Crippen LogP contribution in [0.2, 0.25) is 0 Å². The number of nitrogens with two attached hydrogens (primary N) is 1. The molecule has 2 N–H and O–H groups in total. The third-order valence-electron chi connectivity index (χ3n) is 7.26. The first-order valence-electron chi connectivity index (χ1n) is 11.9. The zero-order chi connectivity index (χ0) is 23.9. The SMILES string of the molecule is NC(=O)c1cccc(C2=CC3COCC(C2)N3C(=O)OCC2c3ccccc3-c3ccccc32)c1. The van der Waals surface area contributed by atoms with E-state index in [0.29, 0.717) is 31.8 Å². The van der Waals surface area contributed by atoms with Crippen molar-refractivity contribution in [3.63, 3.8) is 0 Å². The molecule has 0 aromatic heterocycles. The minimum atomic E-state index is -0.452. The largest absolute Gasteiger partial charge is 0.448 e. The van der Waals surface area contributed by atoms with Gasteiger partial charge in [-0.05, 0) is 51.9 Å². The van der Waals surface area contributed by atoms with Crippen LogP contribution in [-0.2, 0) is 9.47 Å². The van der Waals surface area contributed by atoms with E-state index in [9.17, 15) is 9.59 Å². The number of hydrogen-bond donors (Lipinski definition) is 1. The van der Waals surface area contributed by atoms with Gasteiger partial charge in [-0.2, -0.15) is 0 Å². The van der Waals surface area contributed by atoms with Gasteiger partial charge in [-0.15, -0.1) is 0 Å². The number of benzene rings is 3. The van der Waals surface area contributed by atoms with Crippen LogP contribution in [0.5, 0.6) is 0 Å². The van der Waals surface area contributed by atoms with Gasteiger partial charge in [0.2, 0.25) is 5.91 Å². The second kappa shape index (κ2) is 8.71. The maximum Gasteiger partial charge on any atom is 0.410 e. The molecule has 1 fully saturated rings. The number of hydrogen-bond acceptors (Lipinski definition) is 4. The Hall–Kier alpha value is -3.90. The van der Waals surface area contributed by atoms with Crippen molar-refractivity contribution in [2.45, 2.75) is 24.4 Å². The van der Waals surface area contributed by atoms with Gasteiger partial charge in [0, 0.05) is 11.5 Å². The predicted octanol–water partition coefficient (Wildman–Crippen LogP) is 4.59. The zero-order valence-electron chi connectivity index (χ0n) is 19.2. The molecule has 2 bridgehead atoms. The highest BCUT2D eigenvalue weighted by atomic mass is 16.6. The first-order valence-corrected chi connectivity index (χ1v) is 11.9. The molecule has 3 aromatic carbocycles. The van der Waals surface area contributed by atoms with Crippen LogP contribution in [0.3, 0.4) is 0 Å². The standard InChI is InChI=1S/C29H26N2O4/c30-28(32)19-7-5-6-18(12-19)20-13-21-15-34-16-22(14-20)31(21)29(33)35-17-27-25-10-3-1-8-23(25)24-9-2-4-11-26(24)27/h1-13,21-22,27H,14-17H2,(H2,30,32). The molecule has 0 saturated carbocycles. The second-order valence-corrected chi connectivity index (χ2v) is 9.31. The summed E-state index contributed by atoms with van der Waals surface area (Å²) in [6.45, 7) is 1.16. The van der Waals surface area contributed by atoms with Crippen LogP contribution < -0.4 is 5.73 Å². The van der Waals surface area contributed by atoms with Gasteiger partial charge in [-0.25, -0.2) is 4.79 Å². The molecule has 2 heterocycles. The molecule has 0 spiro atoms. The third kappa shape index (κ3) is 3.80. The van der Waals surface area contributed by atoms with Gasteiger partial charge in [-0.1, -0.05) is 66.7 Å². The van der Waals surface area contributed by atoms with Gasteiger partial charge in [0.1, 0.15) is 6.61 Å². The van der Waals surface area contributed by atoms with Crippen LogP contribution in [0.25, 0.3) is 16.7 Å². The van der Waals surface area contributed by atoms with Crippen LogP contribution in [0, 0.1) is 0 Å². The van der Waals surface area contributed by atoms with Crippen molar-refractivity contribution in [3.05, 3.63) is 101 Å². The summed E-state index contributed by atoms with van der Waals surface area (Å²) in [6.07, 6.45) is 2.37. The maximum atomic E-state index is 13.3. The van der Waals surface area contributed by atoms with Gasteiger partial charge in [0.15, 0.2) is 0 Å². The minimum absolute atomic E-state index is 0.0230. The molecule has 1 aliphatic carbocycles. The monoisotopic (exact) mass is 466 g/mol. The van der Waals surface area contributed by atoms with E-state index in [2.05, 4.69) is 30.3 Å². The van der Waals surface area contributed by atoms with Crippen molar-refractivity contribution < 1.29 is 19.1 Å². The van der Waals surface area contributed by atoms with Crippen molar-refractivity contribution in [2.75, 3.05) is 19.8 Å². The van der Waals surface area contributed by atoms with Gasteiger partial charge < -0.3 is 15.2 Å². The van der Waals surface area contributed by atoms with Crippen LogP contribution in [-0.4, -0.2) is 48.8 Å². The lowest BCUT2D eigenvalue weighted by Gasteiger charge is -2.44.